The van der Waals surface area contributed by atoms with Gasteiger partial charge < -0.3 is 10.2 Å². The highest BCUT2D eigenvalue weighted by atomic mass is 16.3. The van der Waals surface area contributed by atoms with Crippen molar-refractivity contribution >= 4 is 0 Å². The summed E-state index contributed by atoms with van der Waals surface area (Å²) < 4.78 is 0. The van der Waals surface area contributed by atoms with Crippen molar-refractivity contribution in [2.24, 2.45) is 11.3 Å². The Hall–Kier alpha value is -1.44. The Labute approximate surface area is 173 Å². The summed E-state index contributed by atoms with van der Waals surface area (Å²) in [6.45, 7) is 15.7. The van der Waals surface area contributed by atoms with Crippen LogP contribution in [0.5, 0.6) is 11.5 Å². The zero-order valence-corrected chi connectivity index (χ0v) is 19.2. The van der Waals surface area contributed by atoms with Crippen molar-refractivity contribution in [3.63, 3.8) is 0 Å². The first-order valence-electron chi connectivity index (χ1n) is 11.3. The lowest BCUT2D eigenvalue weighted by atomic mass is 9.65. The Morgan fingerprint density at radius 3 is 2.11 bits per heavy atom. The Morgan fingerprint density at radius 2 is 1.61 bits per heavy atom. The molecule has 0 spiro atoms. The third kappa shape index (κ3) is 4.93. The van der Waals surface area contributed by atoms with Gasteiger partial charge in [-0.2, -0.15) is 0 Å². The van der Waals surface area contributed by atoms with Crippen LogP contribution in [0.3, 0.4) is 0 Å². The minimum Gasteiger partial charge on any atom is -0.507 e. The van der Waals surface area contributed by atoms with E-state index in [1.807, 2.05) is 12.1 Å². The molecule has 0 fully saturated rings. The van der Waals surface area contributed by atoms with E-state index >= 15 is 0 Å². The molecule has 2 nitrogen and oxygen atoms in total. The predicted molar refractivity (Wildman–Crippen MR) is 120 cm³/mol. The number of phenolic OH excluding ortho intramolecular Hbond substituents is 2. The Morgan fingerprint density at radius 1 is 1.00 bits per heavy atom. The van der Waals surface area contributed by atoms with E-state index in [4.69, 9.17) is 0 Å². The average Bonchev–Trinajstić information content (AvgIpc) is 2.60. The van der Waals surface area contributed by atoms with Crippen molar-refractivity contribution in [1.82, 2.24) is 0 Å². The van der Waals surface area contributed by atoms with Gasteiger partial charge in [0.1, 0.15) is 11.5 Å². The molecular weight excluding hydrogens is 344 g/mol. The van der Waals surface area contributed by atoms with Crippen LogP contribution in [0.4, 0.5) is 0 Å². The summed E-state index contributed by atoms with van der Waals surface area (Å²) in [6, 6.07) is 3.87. The average molecular weight is 387 g/mol. The zero-order valence-electron chi connectivity index (χ0n) is 19.2. The van der Waals surface area contributed by atoms with Crippen LogP contribution in [0.1, 0.15) is 110 Å². The van der Waals surface area contributed by atoms with E-state index < -0.39 is 0 Å². The van der Waals surface area contributed by atoms with Crippen LogP contribution in [-0.2, 0) is 5.41 Å². The van der Waals surface area contributed by atoms with Crippen LogP contribution in [-0.4, -0.2) is 10.2 Å². The standard InChI is InChI=1S/C26H42O2/c1-8-10-11-14-26(7,9-2)19-16-22(27)24(23(28)17-19)20-15-18(3)12-13-21(20)25(4,5)6/h15-17,20-21,27-28H,8-14H2,1-7H3. The second-order valence-corrected chi connectivity index (χ2v) is 10.3. The molecule has 0 aliphatic heterocycles. The van der Waals surface area contributed by atoms with Crippen LogP contribution in [0.15, 0.2) is 23.8 Å². The number of hydrogen-bond donors (Lipinski definition) is 2. The first-order chi connectivity index (χ1) is 13.0. The highest BCUT2D eigenvalue weighted by molar-refractivity contribution is 5.52. The molecule has 0 saturated heterocycles. The molecular formula is C26H42O2. The molecule has 0 radical (unpaired) electrons. The molecule has 2 rings (SSSR count). The van der Waals surface area contributed by atoms with Gasteiger partial charge in [-0.1, -0.05) is 72.5 Å². The van der Waals surface area contributed by atoms with Crippen molar-refractivity contribution in [3.8, 4) is 11.5 Å². The van der Waals surface area contributed by atoms with Gasteiger partial charge >= 0.3 is 0 Å². The monoisotopic (exact) mass is 386 g/mol. The molecule has 1 aromatic rings. The van der Waals surface area contributed by atoms with E-state index in [-0.39, 0.29) is 28.2 Å². The summed E-state index contributed by atoms with van der Waals surface area (Å²) in [4.78, 5) is 0. The van der Waals surface area contributed by atoms with Gasteiger partial charge in [0.15, 0.2) is 0 Å². The molecule has 28 heavy (non-hydrogen) atoms. The second-order valence-electron chi connectivity index (χ2n) is 10.3. The lowest BCUT2D eigenvalue weighted by Crippen LogP contribution is -2.29. The van der Waals surface area contributed by atoms with Gasteiger partial charge in [0.05, 0.1) is 0 Å². The van der Waals surface area contributed by atoms with Gasteiger partial charge in [-0.15, -0.1) is 0 Å². The van der Waals surface area contributed by atoms with E-state index in [9.17, 15) is 10.2 Å². The van der Waals surface area contributed by atoms with Crippen LogP contribution in [0.25, 0.3) is 0 Å². The summed E-state index contributed by atoms with van der Waals surface area (Å²) in [5, 5.41) is 22.1. The van der Waals surface area contributed by atoms with E-state index in [0.717, 1.165) is 36.8 Å². The van der Waals surface area contributed by atoms with E-state index in [0.29, 0.717) is 5.92 Å². The molecule has 158 valence electrons. The summed E-state index contributed by atoms with van der Waals surface area (Å²) in [5.74, 6) is 0.988. The topological polar surface area (TPSA) is 40.5 Å². The minimum absolute atomic E-state index is 0.00951. The molecule has 2 N–H and O–H groups in total. The number of aromatic hydroxyl groups is 2. The molecule has 1 aromatic carbocycles. The first-order valence-corrected chi connectivity index (χ1v) is 11.3. The fraction of sp³-hybridized carbons (Fsp3) is 0.692. The number of allylic oxidation sites excluding steroid dienone is 2. The summed E-state index contributed by atoms with van der Waals surface area (Å²) in [7, 11) is 0. The van der Waals surface area contributed by atoms with E-state index in [1.54, 1.807) is 0 Å². The van der Waals surface area contributed by atoms with Gasteiger partial charge in [0.25, 0.3) is 0 Å². The second kappa shape index (κ2) is 8.93. The molecule has 0 bridgehead atoms. The van der Waals surface area contributed by atoms with Crippen molar-refractivity contribution in [2.75, 3.05) is 0 Å². The minimum atomic E-state index is -0.00951. The SMILES string of the molecule is CCCCCC(C)(CC)c1cc(O)c(C2C=C(C)CCC2C(C)(C)C)c(O)c1. The highest BCUT2D eigenvalue weighted by Crippen LogP contribution is 2.51. The van der Waals surface area contributed by atoms with E-state index in [2.05, 4.69) is 54.5 Å². The first kappa shape index (κ1) is 22.8. The summed E-state index contributed by atoms with van der Waals surface area (Å²) in [5.41, 5.74) is 3.25. The maximum absolute atomic E-state index is 11.0. The molecule has 1 aliphatic carbocycles. The van der Waals surface area contributed by atoms with Crippen molar-refractivity contribution in [3.05, 3.63) is 34.9 Å². The fourth-order valence-corrected chi connectivity index (χ4v) is 4.93. The third-order valence-electron chi connectivity index (χ3n) is 7.14. The molecule has 2 heteroatoms. The Bertz CT molecular complexity index is 672. The van der Waals surface area contributed by atoms with Crippen LogP contribution < -0.4 is 0 Å². The lowest BCUT2D eigenvalue weighted by Gasteiger charge is -2.40. The molecule has 0 saturated carbocycles. The van der Waals surface area contributed by atoms with Crippen LogP contribution in [0.2, 0.25) is 0 Å². The van der Waals surface area contributed by atoms with Gasteiger partial charge in [-0.05, 0) is 67.1 Å². The number of rotatable bonds is 7. The molecule has 0 amide bonds. The maximum atomic E-state index is 11.0. The number of hydrogen-bond acceptors (Lipinski definition) is 2. The fourth-order valence-electron chi connectivity index (χ4n) is 4.93. The highest BCUT2D eigenvalue weighted by Gasteiger charge is 2.37. The molecule has 3 atom stereocenters. The van der Waals surface area contributed by atoms with Gasteiger partial charge in [-0.3, -0.25) is 0 Å². The van der Waals surface area contributed by atoms with Crippen LogP contribution in [0, 0.1) is 11.3 Å². The molecule has 3 unspecified atom stereocenters. The molecule has 0 aromatic heterocycles. The lowest BCUT2D eigenvalue weighted by molar-refractivity contribution is 0.194. The van der Waals surface area contributed by atoms with Crippen molar-refractivity contribution in [2.45, 2.75) is 105 Å². The number of unbranched alkanes of at least 4 members (excludes halogenated alkanes) is 2. The summed E-state index contributed by atoms with van der Waals surface area (Å²) >= 11 is 0. The van der Waals surface area contributed by atoms with Crippen molar-refractivity contribution < 1.29 is 10.2 Å². The molecule has 0 heterocycles. The summed E-state index contributed by atoms with van der Waals surface area (Å²) in [6.07, 6.45) is 10.2. The van der Waals surface area contributed by atoms with Gasteiger partial charge in [0.2, 0.25) is 0 Å². The number of phenols is 2. The third-order valence-corrected chi connectivity index (χ3v) is 7.14. The van der Waals surface area contributed by atoms with E-state index in [1.165, 1.54) is 24.8 Å². The van der Waals surface area contributed by atoms with Gasteiger partial charge in [0, 0.05) is 11.5 Å². The molecule has 1 aliphatic rings. The Balaban J connectivity index is 2.46. The predicted octanol–water partition coefficient (Wildman–Crippen LogP) is 7.83. The van der Waals surface area contributed by atoms with Gasteiger partial charge in [-0.25, -0.2) is 0 Å². The number of benzene rings is 1. The largest absolute Gasteiger partial charge is 0.507 e. The quantitative estimate of drug-likeness (QED) is 0.370. The Kier molecular flexibility index (Phi) is 7.28. The normalized spacial score (nSPS) is 22.6. The smallest absolute Gasteiger partial charge is 0.123 e. The maximum Gasteiger partial charge on any atom is 0.123 e. The van der Waals surface area contributed by atoms with Crippen LogP contribution >= 0.6 is 0 Å². The van der Waals surface area contributed by atoms with Crippen molar-refractivity contribution in [1.29, 1.82) is 0 Å². The zero-order chi connectivity index (χ0) is 21.1.